The van der Waals surface area contributed by atoms with Gasteiger partial charge in [-0.2, -0.15) is 0 Å². The highest BCUT2D eigenvalue weighted by molar-refractivity contribution is 5.41. The molecule has 2 rings (SSSR count). The summed E-state index contributed by atoms with van der Waals surface area (Å²) in [4.78, 5) is 9.92. The molecule has 18 heavy (non-hydrogen) atoms. The summed E-state index contributed by atoms with van der Waals surface area (Å²) < 4.78 is 18.5. The highest BCUT2D eigenvalue weighted by atomic mass is 19.1. The molecule has 5 heteroatoms. The Labute approximate surface area is 103 Å². The van der Waals surface area contributed by atoms with Crippen LogP contribution in [-0.2, 0) is 0 Å². The van der Waals surface area contributed by atoms with Crippen LogP contribution in [0.25, 0.3) is 0 Å². The van der Waals surface area contributed by atoms with E-state index in [1.807, 2.05) is 19.1 Å². The minimum Gasteiger partial charge on any atom is -0.457 e. The molecule has 0 saturated heterocycles. The molecular formula is C13H10FNO3. The van der Waals surface area contributed by atoms with Crippen molar-refractivity contribution in [2.24, 2.45) is 0 Å². The average molecular weight is 247 g/mol. The molecule has 0 aromatic heterocycles. The van der Waals surface area contributed by atoms with Gasteiger partial charge in [0.15, 0.2) is 0 Å². The lowest BCUT2D eigenvalue weighted by atomic mass is 10.2. The van der Waals surface area contributed by atoms with Gasteiger partial charge >= 0.3 is 0 Å². The fourth-order valence-electron chi connectivity index (χ4n) is 1.45. The number of non-ortho nitro benzene ring substituents is 1. The molecule has 0 saturated carbocycles. The van der Waals surface area contributed by atoms with Crippen molar-refractivity contribution >= 4 is 5.69 Å². The van der Waals surface area contributed by atoms with Gasteiger partial charge in [-0.3, -0.25) is 10.1 Å². The fourth-order valence-corrected chi connectivity index (χ4v) is 1.45. The number of nitro benzene ring substituents is 1. The molecule has 0 fully saturated rings. The number of hydrogen-bond donors (Lipinski definition) is 0. The number of hydrogen-bond acceptors (Lipinski definition) is 3. The maximum Gasteiger partial charge on any atom is 0.276 e. The summed E-state index contributed by atoms with van der Waals surface area (Å²) in [6, 6.07) is 10.2. The van der Waals surface area contributed by atoms with Gasteiger partial charge in [0, 0.05) is 6.07 Å². The van der Waals surface area contributed by atoms with E-state index in [2.05, 4.69) is 0 Å². The molecule has 0 aliphatic heterocycles. The van der Waals surface area contributed by atoms with Crippen LogP contribution in [0.2, 0.25) is 0 Å². The molecule has 2 aromatic carbocycles. The van der Waals surface area contributed by atoms with E-state index < -0.39 is 10.7 Å². The van der Waals surface area contributed by atoms with Crippen LogP contribution in [-0.4, -0.2) is 4.92 Å². The Morgan fingerprint density at radius 3 is 2.39 bits per heavy atom. The summed E-state index contributed by atoms with van der Waals surface area (Å²) in [5, 5.41) is 10.6. The first-order chi connectivity index (χ1) is 8.54. The Morgan fingerprint density at radius 2 is 1.78 bits per heavy atom. The normalized spacial score (nSPS) is 10.1. The molecule has 0 unspecified atom stereocenters. The Hall–Kier alpha value is -2.43. The quantitative estimate of drug-likeness (QED) is 0.611. The van der Waals surface area contributed by atoms with Crippen LogP contribution in [0.4, 0.5) is 10.1 Å². The molecule has 0 aliphatic rings. The van der Waals surface area contributed by atoms with Gasteiger partial charge in [0.25, 0.3) is 5.69 Å². The van der Waals surface area contributed by atoms with Crippen molar-refractivity contribution in [3.05, 3.63) is 64.0 Å². The molecule has 92 valence electrons. The molecule has 0 atom stereocenters. The molecule has 0 N–H and O–H groups in total. The topological polar surface area (TPSA) is 52.4 Å². The lowest BCUT2D eigenvalue weighted by Gasteiger charge is -2.05. The standard InChI is InChI=1S/C13H10FNO3/c1-9-2-4-12(5-3-9)18-13-7-10(14)6-11(8-13)15(16)17/h2-8H,1H3. The molecule has 0 bridgehead atoms. The van der Waals surface area contributed by atoms with Crippen LogP contribution in [0.15, 0.2) is 42.5 Å². The molecule has 4 nitrogen and oxygen atoms in total. The Kier molecular flexibility index (Phi) is 3.23. The van der Waals surface area contributed by atoms with Gasteiger partial charge in [-0.05, 0) is 19.1 Å². The minimum absolute atomic E-state index is 0.102. The first-order valence-electron chi connectivity index (χ1n) is 5.24. The molecule has 0 amide bonds. The SMILES string of the molecule is Cc1ccc(Oc2cc(F)cc([N+](=O)[O-])c2)cc1. The van der Waals surface area contributed by atoms with E-state index in [0.717, 1.165) is 17.7 Å². The van der Waals surface area contributed by atoms with Crippen LogP contribution in [0, 0.1) is 22.9 Å². The van der Waals surface area contributed by atoms with Crippen molar-refractivity contribution in [3.63, 3.8) is 0 Å². The van der Waals surface area contributed by atoms with Gasteiger partial charge in [0.1, 0.15) is 17.3 Å². The summed E-state index contributed by atoms with van der Waals surface area (Å²) in [5.41, 5.74) is 0.727. The number of ether oxygens (including phenoxy) is 1. The van der Waals surface area contributed by atoms with Crippen LogP contribution >= 0.6 is 0 Å². The van der Waals surface area contributed by atoms with Crippen molar-refractivity contribution < 1.29 is 14.1 Å². The maximum atomic E-state index is 13.2. The van der Waals surface area contributed by atoms with Gasteiger partial charge in [-0.1, -0.05) is 17.7 Å². The van der Waals surface area contributed by atoms with Gasteiger partial charge in [0.05, 0.1) is 17.1 Å². The second-order valence-electron chi connectivity index (χ2n) is 3.82. The van der Waals surface area contributed by atoms with E-state index in [0.29, 0.717) is 5.75 Å². The molecule has 2 aromatic rings. The third-order valence-corrected chi connectivity index (χ3v) is 2.32. The number of nitro groups is 1. The second-order valence-corrected chi connectivity index (χ2v) is 3.82. The highest BCUT2D eigenvalue weighted by Crippen LogP contribution is 2.26. The molecule has 0 radical (unpaired) electrons. The van der Waals surface area contributed by atoms with Gasteiger partial charge < -0.3 is 4.74 Å². The van der Waals surface area contributed by atoms with Gasteiger partial charge in [-0.15, -0.1) is 0 Å². The van der Waals surface area contributed by atoms with Crippen LogP contribution in [0.5, 0.6) is 11.5 Å². The van der Waals surface area contributed by atoms with Crippen molar-refractivity contribution in [1.29, 1.82) is 0 Å². The number of benzene rings is 2. The van der Waals surface area contributed by atoms with Crippen LogP contribution in [0.3, 0.4) is 0 Å². The van der Waals surface area contributed by atoms with Crippen molar-refractivity contribution in [2.45, 2.75) is 6.92 Å². The van der Waals surface area contributed by atoms with Crippen LogP contribution < -0.4 is 4.74 Å². The summed E-state index contributed by atoms with van der Waals surface area (Å²) in [7, 11) is 0. The maximum absolute atomic E-state index is 13.2. The Balaban J connectivity index is 2.28. The predicted octanol–water partition coefficient (Wildman–Crippen LogP) is 3.83. The Morgan fingerprint density at radius 1 is 1.11 bits per heavy atom. The lowest BCUT2D eigenvalue weighted by molar-refractivity contribution is -0.385. The number of aryl methyl sites for hydroxylation is 1. The first kappa shape index (κ1) is 12.0. The minimum atomic E-state index is -0.702. The van der Waals surface area contributed by atoms with Gasteiger partial charge in [0.2, 0.25) is 0 Å². The zero-order valence-electron chi connectivity index (χ0n) is 9.59. The highest BCUT2D eigenvalue weighted by Gasteiger charge is 2.11. The van der Waals surface area contributed by atoms with E-state index in [1.165, 1.54) is 6.07 Å². The molecule has 0 spiro atoms. The van der Waals surface area contributed by atoms with Crippen molar-refractivity contribution in [3.8, 4) is 11.5 Å². The molecule has 0 heterocycles. The third-order valence-electron chi connectivity index (χ3n) is 2.32. The number of halogens is 1. The zero-order valence-corrected chi connectivity index (χ0v) is 9.59. The largest absolute Gasteiger partial charge is 0.457 e. The van der Waals surface area contributed by atoms with Crippen molar-refractivity contribution in [2.75, 3.05) is 0 Å². The van der Waals surface area contributed by atoms with E-state index in [-0.39, 0.29) is 11.4 Å². The average Bonchev–Trinajstić information content (AvgIpc) is 2.31. The Bertz CT molecular complexity index is 581. The summed E-state index contributed by atoms with van der Waals surface area (Å²) in [6.45, 7) is 1.93. The van der Waals surface area contributed by atoms with Crippen LogP contribution in [0.1, 0.15) is 5.56 Å². The zero-order chi connectivity index (χ0) is 13.1. The molecular weight excluding hydrogens is 237 g/mol. The smallest absolute Gasteiger partial charge is 0.276 e. The summed E-state index contributed by atoms with van der Waals surface area (Å²) >= 11 is 0. The summed E-state index contributed by atoms with van der Waals surface area (Å²) in [5.74, 6) is -0.0997. The fraction of sp³-hybridized carbons (Fsp3) is 0.0769. The van der Waals surface area contributed by atoms with Gasteiger partial charge in [-0.25, -0.2) is 4.39 Å². The summed E-state index contributed by atoms with van der Waals surface area (Å²) in [6.07, 6.45) is 0. The molecule has 0 aliphatic carbocycles. The third kappa shape index (κ3) is 2.82. The van der Waals surface area contributed by atoms with E-state index in [9.17, 15) is 14.5 Å². The first-order valence-corrected chi connectivity index (χ1v) is 5.24. The monoisotopic (exact) mass is 247 g/mol. The predicted molar refractivity (Wildman–Crippen MR) is 64.3 cm³/mol. The number of nitrogens with zero attached hydrogens (tertiary/aromatic N) is 1. The van der Waals surface area contributed by atoms with E-state index in [4.69, 9.17) is 4.74 Å². The van der Waals surface area contributed by atoms with E-state index in [1.54, 1.807) is 12.1 Å². The lowest BCUT2D eigenvalue weighted by Crippen LogP contribution is -1.91. The second kappa shape index (κ2) is 4.83. The van der Waals surface area contributed by atoms with E-state index >= 15 is 0 Å². The van der Waals surface area contributed by atoms with Crippen molar-refractivity contribution in [1.82, 2.24) is 0 Å². The number of rotatable bonds is 3.